The van der Waals surface area contributed by atoms with Crippen molar-refractivity contribution in [1.29, 1.82) is 0 Å². The van der Waals surface area contributed by atoms with Crippen LogP contribution in [0, 0.1) is 0 Å². The van der Waals surface area contributed by atoms with Crippen LogP contribution >= 0.6 is 0 Å². The Morgan fingerprint density at radius 2 is 1.71 bits per heavy atom. The molecule has 0 aromatic carbocycles. The summed E-state index contributed by atoms with van der Waals surface area (Å²) in [6.45, 7) is 12.5. The number of halogens is 3. The smallest absolute Gasteiger partial charge is 0.416 e. The second-order valence-electron chi connectivity index (χ2n) is 8.38. The van der Waals surface area contributed by atoms with Crippen LogP contribution in [0.25, 0.3) is 0 Å². The SMILES string of the molecule is CC(C)N(CCc1ccnc(N(CC(F)(F)F)C(=O)OC(C)(C)C)c1)C(C)C. The molecule has 0 saturated heterocycles. The van der Waals surface area contributed by atoms with Gasteiger partial charge in [0.15, 0.2) is 0 Å². The number of ether oxygens (including phenoxy) is 1. The Morgan fingerprint density at radius 3 is 2.18 bits per heavy atom. The zero-order valence-corrected chi connectivity index (χ0v) is 17.8. The molecule has 0 aliphatic carbocycles. The van der Waals surface area contributed by atoms with E-state index < -0.39 is 24.4 Å². The molecule has 1 heterocycles. The number of hydrogen-bond acceptors (Lipinski definition) is 4. The molecule has 0 N–H and O–H groups in total. The van der Waals surface area contributed by atoms with Crippen molar-refractivity contribution in [2.45, 2.75) is 78.7 Å². The van der Waals surface area contributed by atoms with Crippen molar-refractivity contribution in [2.24, 2.45) is 0 Å². The van der Waals surface area contributed by atoms with E-state index in [0.29, 0.717) is 23.4 Å². The molecule has 160 valence electrons. The standard InChI is InChI=1S/C20H32F3N3O2/c1-14(2)25(15(3)4)11-9-16-8-10-24-17(12-16)26(13-20(21,22)23)18(27)28-19(5,6)7/h8,10,12,14-15H,9,11,13H2,1-7H3. The molecule has 0 aliphatic rings. The lowest BCUT2D eigenvalue weighted by Gasteiger charge is -2.30. The number of carbonyl (C=O) groups is 1. The monoisotopic (exact) mass is 403 g/mol. The van der Waals surface area contributed by atoms with Crippen molar-refractivity contribution in [3.05, 3.63) is 23.9 Å². The van der Waals surface area contributed by atoms with Gasteiger partial charge in [0, 0.05) is 24.8 Å². The lowest BCUT2D eigenvalue weighted by atomic mass is 10.1. The van der Waals surface area contributed by atoms with E-state index in [1.54, 1.807) is 26.8 Å². The molecule has 1 aromatic heterocycles. The van der Waals surface area contributed by atoms with E-state index in [2.05, 4.69) is 37.6 Å². The summed E-state index contributed by atoms with van der Waals surface area (Å²) < 4.78 is 44.2. The Morgan fingerprint density at radius 1 is 1.14 bits per heavy atom. The number of pyridine rings is 1. The molecule has 0 radical (unpaired) electrons. The Kier molecular flexibility index (Phi) is 8.29. The first-order chi connectivity index (χ1) is 12.7. The molecule has 1 rings (SSSR count). The van der Waals surface area contributed by atoms with Crippen LogP contribution in [0.5, 0.6) is 0 Å². The molecule has 0 aliphatic heterocycles. The van der Waals surface area contributed by atoms with E-state index in [0.717, 1.165) is 12.1 Å². The lowest BCUT2D eigenvalue weighted by Crippen LogP contribution is -2.42. The minimum absolute atomic E-state index is 0.0651. The quantitative estimate of drug-likeness (QED) is 0.639. The van der Waals surface area contributed by atoms with E-state index in [-0.39, 0.29) is 5.82 Å². The van der Waals surface area contributed by atoms with E-state index in [1.165, 1.54) is 12.3 Å². The largest absolute Gasteiger partial charge is 0.443 e. The maximum Gasteiger partial charge on any atom is 0.416 e. The third kappa shape index (κ3) is 8.46. The average Bonchev–Trinajstić information content (AvgIpc) is 2.49. The van der Waals surface area contributed by atoms with Gasteiger partial charge in [0.2, 0.25) is 0 Å². The maximum absolute atomic E-state index is 13.0. The molecular formula is C20H32F3N3O2. The van der Waals surface area contributed by atoms with Crippen molar-refractivity contribution in [2.75, 3.05) is 18.0 Å². The summed E-state index contributed by atoms with van der Waals surface area (Å²) in [6, 6.07) is 3.98. The van der Waals surface area contributed by atoms with Crippen LogP contribution in [0.1, 0.15) is 54.0 Å². The van der Waals surface area contributed by atoms with Crippen LogP contribution in [0.15, 0.2) is 18.3 Å². The first kappa shape index (κ1) is 24.2. The van der Waals surface area contributed by atoms with Crippen LogP contribution in [0.3, 0.4) is 0 Å². The van der Waals surface area contributed by atoms with E-state index >= 15 is 0 Å². The Bertz CT molecular complexity index is 632. The number of nitrogens with zero attached hydrogens (tertiary/aromatic N) is 3. The number of rotatable bonds is 7. The molecule has 0 spiro atoms. The Hall–Kier alpha value is -1.83. The molecule has 0 saturated carbocycles. The first-order valence-corrected chi connectivity index (χ1v) is 9.47. The van der Waals surface area contributed by atoms with Gasteiger partial charge in [-0.15, -0.1) is 0 Å². The van der Waals surface area contributed by atoms with Crippen LogP contribution in [-0.2, 0) is 11.2 Å². The van der Waals surface area contributed by atoms with Gasteiger partial charge in [-0.2, -0.15) is 13.2 Å². The predicted molar refractivity (Wildman–Crippen MR) is 105 cm³/mol. The highest BCUT2D eigenvalue weighted by molar-refractivity contribution is 5.86. The van der Waals surface area contributed by atoms with Gasteiger partial charge in [-0.1, -0.05) is 0 Å². The number of alkyl halides is 3. The fourth-order valence-electron chi connectivity index (χ4n) is 2.87. The number of hydrogen-bond donors (Lipinski definition) is 0. The third-order valence-electron chi connectivity index (χ3n) is 4.02. The van der Waals surface area contributed by atoms with Gasteiger partial charge in [0.05, 0.1) is 0 Å². The average molecular weight is 403 g/mol. The van der Waals surface area contributed by atoms with Crippen molar-refractivity contribution in [3.63, 3.8) is 0 Å². The highest BCUT2D eigenvalue weighted by Gasteiger charge is 2.36. The number of anilines is 1. The molecule has 1 amide bonds. The highest BCUT2D eigenvalue weighted by Crippen LogP contribution is 2.24. The van der Waals surface area contributed by atoms with Crippen molar-refractivity contribution in [1.82, 2.24) is 9.88 Å². The summed E-state index contributed by atoms with van der Waals surface area (Å²) >= 11 is 0. The van der Waals surface area contributed by atoms with E-state index in [1.807, 2.05) is 0 Å². The van der Waals surface area contributed by atoms with E-state index in [4.69, 9.17) is 4.74 Å². The fourth-order valence-corrected chi connectivity index (χ4v) is 2.87. The fraction of sp³-hybridized carbons (Fsp3) is 0.700. The second kappa shape index (κ2) is 9.58. The van der Waals surface area contributed by atoms with Crippen molar-refractivity contribution < 1.29 is 22.7 Å². The van der Waals surface area contributed by atoms with Gasteiger partial charge in [0.25, 0.3) is 0 Å². The molecule has 5 nitrogen and oxygen atoms in total. The third-order valence-corrected chi connectivity index (χ3v) is 4.02. The molecule has 1 aromatic rings. The van der Waals surface area contributed by atoms with Gasteiger partial charge < -0.3 is 4.74 Å². The zero-order valence-electron chi connectivity index (χ0n) is 17.8. The summed E-state index contributed by atoms with van der Waals surface area (Å²) in [5.74, 6) is -0.0651. The van der Waals surface area contributed by atoms with Crippen LogP contribution in [0.4, 0.5) is 23.8 Å². The Labute approximate surface area is 165 Å². The van der Waals surface area contributed by atoms with Crippen LogP contribution in [0.2, 0.25) is 0 Å². The highest BCUT2D eigenvalue weighted by atomic mass is 19.4. The molecular weight excluding hydrogens is 371 g/mol. The molecule has 0 fully saturated rings. The maximum atomic E-state index is 13.0. The van der Waals surface area contributed by atoms with Gasteiger partial charge in [-0.05, 0) is 72.6 Å². The minimum Gasteiger partial charge on any atom is -0.443 e. The Balaban J connectivity index is 3.05. The van der Waals surface area contributed by atoms with Crippen LogP contribution < -0.4 is 4.90 Å². The summed E-state index contributed by atoms with van der Waals surface area (Å²) in [7, 11) is 0. The topological polar surface area (TPSA) is 45.7 Å². The van der Waals surface area contributed by atoms with Gasteiger partial charge in [0.1, 0.15) is 18.0 Å². The number of carbonyl (C=O) groups excluding carboxylic acids is 1. The summed E-state index contributed by atoms with van der Waals surface area (Å²) in [6.07, 6.45) is -3.57. The number of amides is 1. The van der Waals surface area contributed by atoms with Gasteiger partial charge in [-0.25, -0.2) is 9.78 Å². The summed E-state index contributed by atoms with van der Waals surface area (Å²) in [5, 5.41) is 0. The normalized spacial score (nSPS) is 12.8. The van der Waals surface area contributed by atoms with Crippen LogP contribution in [-0.4, -0.2) is 52.9 Å². The molecule has 0 bridgehead atoms. The summed E-state index contributed by atoms with van der Waals surface area (Å²) in [5.41, 5.74) is -0.0971. The van der Waals surface area contributed by atoms with Gasteiger partial charge in [-0.3, -0.25) is 9.80 Å². The van der Waals surface area contributed by atoms with Gasteiger partial charge >= 0.3 is 12.3 Å². The van der Waals surface area contributed by atoms with E-state index in [9.17, 15) is 18.0 Å². The van der Waals surface area contributed by atoms with Crippen molar-refractivity contribution in [3.8, 4) is 0 Å². The first-order valence-electron chi connectivity index (χ1n) is 9.47. The molecule has 8 heteroatoms. The summed E-state index contributed by atoms with van der Waals surface area (Å²) in [4.78, 5) is 19.2. The zero-order chi connectivity index (χ0) is 21.7. The van der Waals surface area contributed by atoms with Crippen molar-refractivity contribution >= 4 is 11.9 Å². The lowest BCUT2D eigenvalue weighted by molar-refractivity contribution is -0.119. The molecule has 0 unspecified atom stereocenters. The molecule has 28 heavy (non-hydrogen) atoms. The predicted octanol–water partition coefficient (Wildman–Crippen LogP) is 5.05. The minimum atomic E-state index is -4.57. The second-order valence-corrected chi connectivity index (χ2v) is 8.38. The number of aromatic nitrogens is 1. The molecule has 0 atom stereocenters.